The first-order valence-electron chi connectivity index (χ1n) is 10.2. The molecule has 2 aliphatic heterocycles. The van der Waals surface area contributed by atoms with Crippen LogP contribution in [0.2, 0.25) is 0 Å². The maximum absolute atomic E-state index is 13.7. The number of carbonyl (C=O) groups is 1. The first-order chi connectivity index (χ1) is 14.1. The molecule has 0 N–H and O–H groups in total. The van der Waals surface area contributed by atoms with Crippen molar-refractivity contribution in [1.82, 2.24) is 9.88 Å². The Morgan fingerprint density at radius 2 is 1.76 bits per heavy atom. The summed E-state index contributed by atoms with van der Waals surface area (Å²) in [6.07, 6.45) is 3.27. The summed E-state index contributed by atoms with van der Waals surface area (Å²) in [6.45, 7) is 4.53. The van der Waals surface area contributed by atoms with E-state index in [-0.39, 0.29) is 24.8 Å². The summed E-state index contributed by atoms with van der Waals surface area (Å²) in [5.41, 5.74) is 3.21. The molecular formula is C24H24N2O3. The summed E-state index contributed by atoms with van der Waals surface area (Å²) < 4.78 is 10.9. The van der Waals surface area contributed by atoms with Gasteiger partial charge in [-0.2, -0.15) is 0 Å². The minimum atomic E-state index is 0.0882. The third-order valence-electron chi connectivity index (χ3n) is 6.04. The number of para-hydroxylation sites is 1. The fourth-order valence-corrected chi connectivity index (χ4v) is 4.52. The second-order valence-corrected chi connectivity index (χ2v) is 7.98. The highest BCUT2D eigenvalue weighted by Crippen LogP contribution is 2.36. The number of pyridine rings is 1. The Morgan fingerprint density at radius 1 is 1.00 bits per heavy atom. The summed E-state index contributed by atoms with van der Waals surface area (Å²) in [4.78, 5) is 20.5. The zero-order chi connectivity index (χ0) is 20.0. The van der Waals surface area contributed by atoms with Crippen molar-refractivity contribution < 1.29 is 14.3 Å². The van der Waals surface area contributed by atoms with Gasteiger partial charge in [0.1, 0.15) is 0 Å². The number of fused-ring (bicyclic) bond motifs is 2. The van der Waals surface area contributed by atoms with Crippen LogP contribution in [-0.2, 0) is 0 Å². The Balaban J connectivity index is 1.64. The van der Waals surface area contributed by atoms with E-state index in [0.717, 1.165) is 40.8 Å². The molecule has 5 nitrogen and oxygen atoms in total. The molecule has 2 aromatic carbocycles. The molecule has 1 amide bonds. The van der Waals surface area contributed by atoms with Crippen molar-refractivity contribution in [3.05, 3.63) is 54.1 Å². The van der Waals surface area contributed by atoms with Crippen LogP contribution >= 0.6 is 0 Å². The number of benzene rings is 2. The lowest BCUT2D eigenvalue weighted by atomic mass is 9.95. The van der Waals surface area contributed by atoms with Crippen LogP contribution in [0.25, 0.3) is 22.2 Å². The first kappa shape index (κ1) is 18.0. The fraction of sp³-hybridized carbons (Fsp3) is 0.333. The van der Waals surface area contributed by atoms with E-state index in [0.29, 0.717) is 11.3 Å². The Bertz CT molecular complexity index is 1080. The number of carbonyl (C=O) groups excluding carboxylic acids is 1. The van der Waals surface area contributed by atoms with E-state index in [1.165, 1.54) is 6.42 Å². The van der Waals surface area contributed by atoms with Crippen molar-refractivity contribution in [2.45, 2.75) is 45.2 Å². The molecule has 1 saturated heterocycles. The van der Waals surface area contributed by atoms with E-state index in [2.05, 4.69) is 18.7 Å². The molecule has 2 unspecified atom stereocenters. The number of hydrogen-bond donors (Lipinski definition) is 0. The molecule has 2 aliphatic rings. The van der Waals surface area contributed by atoms with Gasteiger partial charge in [0.05, 0.1) is 16.8 Å². The highest BCUT2D eigenvalue weighted by Gasteiger charge is 2.31. The second kappa shape index (κ2) is 7.07. The van der Waals surface area contributed by atoms with Gasteiger partial charge < -0.3 is 14.4 Å². The maximum Gasteiger partial charge on any atom is 0.255 e. The van der Waals surface area contributed by atoms with Crippen molar-refractivity contribution in [3.63, 3.8) is 0 Å². The van der Waals surface area contributed by atoms with Crippen LogP contribution in [0.3, 0.4) is 0 Å². The van der Waals surface area contributed by atoms with Gasteiger partial charge in [-0.05, 0) is 63.4 Å². The van der Waals surface area contributed by atoms with E-state index in [1.807, 2.05) is 48.5 Å². The number of nitrogens with zero attached hydrogens (tertiary/aromatic N) is 2. The van der Waals surface area contributed by atoms with Gasteiger partial charge in [-0.25, -0.2) is 4.98 Å². The number of hydrogen-bond acceptors (Lipinski definition) is 4. The highest BCUT2D eigenvalue weighted by atomic mass is 16.7. The zero-order valence-corrected chi connectivity index (χ0v) is 16.7. The standard InChI is InChI=1S/C24H24N2O3/c1-15-6-5-7-16(2)26(15)24(27)19-13-21(25-20-9-4-3-8-18(19)20)17-10-11-22-23(12-17)29-14-28-22/h3-4,8-13,15-16H,5-7,14H2,1-2H3. The molecule has 3 aromatic rings. The number of amides is 1. The molecular weight excluding hydrogens is 364 g/mol. The van der Waals surface area contributed by atoms with E-state index in [1.54, 1.807) is 0 Å². The molecule has 3 heterocycles. The Kier molecular flexibility index (Phi) is 4.38. The lowest BCUT2D eigenvalue weighted by molar-refractivity contribution is 0.0513. The van der Waals surface area contributed by atoms with Crippen LogP contribution in [0.1, 0.15) is 43.5 Å². The zero-order valence-electron chi connectivity index (χ0n) is 16.7. The van der Waals surface area contributed by atoms with Crippen molar-refractivity contribution in [2.75, 3.05) is 6.79 Å². The number of likely N-dealkylation sites (tertiary alicyclic amines) is 1. The second-order valence-electron chi connectivity index (χ2n) is 7.98. The molecule has 1 aromatic heterocycles. The third-order valence-corrected chi connectivity index (χ3v) is 6.04. The number of aromatic nitrogens is 1. The average Bonchev–Trinajstić information content (AvgIpc) is 3.20. The largest absolute Gasteiger partial charge is 0.454 e. The predicted molar refractivity (Wildman–Crippen MR) is 112 cm³/mol. The predicted octanol–water partition coefficient (Wildman–Crippen LogP) is 5.03. The molecule has 5 heteroatoms. The van der Waals surface area contributed by atoms with E-state index in [4.69, 9.17) is 14.5 Å². The molecule has 0 aliphatic carbocycles. The molecule has 0 spiro atoms. The Labute approximate surface area is 170 Å². The van der Waals surface area contributed by atoms with Crippen LogP contribution in [0, 0.1) is 0 Å². The number of ether oxygens (including phenoxy) is 2. The molecule has 5 rings (SSSR count). The van der Waals surface area contributed by atoms with E-state index >= 15 is 0 Å². The molecule has 0 saturated carbocycles. The quantitative estimate of drug-likeness (QED) is 0.618. The summed E-state index contributed by atoms with van der Waals surface area (Å²) in [5.74, 6) is 1.54. The lowest BCUT2D eigenvalue weighted by Crippen LogP contribution is -2.47. The molecule has 0 radical (unpaired) electrons. The van der Waals surface area contributed by atoms with Gasteiger partial charge in [0.2, 0.25) is 6.79 Å². The Hall–Kier alpha value is -3.08. The summed E-state index contributed by atoms with van der Waals surface area (Å²) in [5, 5.41) is 0.895. The van der Waals surface area contributed by atoms with Gasteiger partial charge in [-0.3, -0.25) is 4.79 Å². The van der Waals surface area contributed by atoms with Crippen molar-refractivity contribution >= 4 is 16.8 Å². The SMILES string of the molecule is CC1CCCC(C)N1C(=O)c1cc(-c2ccc3c(c2)OCO3)nc2ccccc12. The number of rotatable bonds is 2. The van der Waals surface area contributed by atoms with Crippen LogP contribution in [0.5, 0.6) is 11.5 Å². The van der Waals surface area contributed by atoms with Crippen molar-refractivity contribution in [3.8, 4) is 22.8 Å². The molecule has 29 heavy (non-hydrogen) atoms. The third kappa shape index (κ3) is 3.11. The van der Waals surface area contributed by atoms with Gasteiger partial charge in [-0.15, -0.1) is 0 Å². The van der Waals surface area contributed by atoms with Gasteiger partial charge in [0, 0.05) is 23.0 Å². The first-order valence-corrected chi connectivity index (χ1v) is 10.2. The van der Waals surface area contributed by atoms with Crippen molar-refractivity contribution in [2.24, 2.45) is 0 Å². The van der Waals surface area contributed by atoms with Gasteiger partial charge >= 0.3 is 0 Å². The van der Waals surface area contributed by atoms with E-state index in [9.17, 15) is 4.79 Å². The smallest absolute Gasteiger partial charge is 0.255 e. The molecule has 148 valence electrons. The average molecular weight is 388 g/mol. The van der Waals surface area contributed by atoms with E-state index < -0.39 is 0 Å². The fourth-order valence-electron chi connectivity index (χ4n) is 4.52. The summed E-state index contributed by atoms with van der Waals surface area (Å²) in [7, 11) is 0. The monoisotopic (exact) mass is 388 g/mol. The van der Waals surface area contributed by atoms with Crippen LogP contribution < -0.4 is 9.47 Å². The molecule has 2 atom stereocenters. The minimum Gasteiger partial charge on any atom is -0.454 e. The van der Waals surface area contributed by atoms with Crippen LogP contribution in [0.4, 0.5) is 0 Å². The minimum absolute atomic E-state index is 0.0882. The van der Waals surface area contributed by atoms with Crippen LogP contribution in [-0.4, -0.2) is 34.7 Å². The lowest BCUT2D eigenvalue weighted by Gasteiger charge is -2.39. The van der Waals surface area contributed by atoms with Crippen molar-refractivity contribution in [1.29, 1.82) is 0 Å². The van der Waals surface area contributed by atoms with Crippen LogP contribution in [0.15, 0.2) is 48.5 Å². The molecule has 0 bridgehead atoms. The van der Waals surface area contributed by atoms with Gasteiger partial charge in [0.25, 0.3) is 5.91 Å². The normalized spacial score (nSPS) is 20.8. The maximum atomic E-state index is 13.7. The Morgan fingerprint density at radius 3 is 2.59 bits per heavy atom. The van der Waals surface area contributed by atoms with Gasteiger partial charge in [-0.1, -0.05) is 18.2 Å². The summed E-state index contributed by atoms with van der Waals surface area (Å²) >= 11 is 0. The number of piperidine rings is 1. The topological polar surface area (TPSA) is 51.7 Å². The summed E-state index contributed by atoms with van der Waals surface area (Å²) in [6, 6.07) is 16.1. The molecule has 1 fully saturated rings. The van der Waals surface area contributed by atoms with Gasteiger partial charge in [0.15, 0.2) is 11.5 Å². The highest BCUT2D eigenvalue weighted by molar-refractivity contribution is 6.07.